The molecule has 66 valence electrons. The maximum atomic E-state index is 11.0. The maximum Gasteiger partial charge on any atom is 0.373 e. The number of hydrogen-bond donors (Lipinski definition) is 1. The van der Waals surface area contributed by atoms with E-state index in [2.05, 4.69) is 15.1 Å². The molecule has 0 unspecified atom stereocenters. The lowest BCUT2D eigenvalue weighted by atomic mass is 9.91. The van der Waals surface area contributed by atoms with E-state index >= 15 is 0 Å². The van der Waals surface area contributed by atoms with Gasteiger partial charge < -0.3 is 5.32 Å². The molecule has 2 atom stereocenters. The van der Waals surface area contributed by atoms with Gasteiger partial charge in [0.1, 0.15) is 6.04 Å². The average molecular weight is 171 g/mol. The summed E-state index contributed by atoms with van der Waals surface area (Å²) in [5.74, 6) is -1.27. The van der Waals surface area contributed by atoms with Crippen molar-refractivity contribution in [1.29, 1.82) is 0 Å². The van der Waals surface area contributed by atoms with Gasteiger partial charge in [0.05, 0.1) is 5.92 Å². The van der Waals surface area contributed by atoms with E-state index in [0.717, 1.165) is 13.0 Å². The highest BCUT2D eigenvalue weighted by atomic mass is 17.2. The fourth-order valence-electron chi connectivity index (χ4n) is 1.59. The summed E-state index contributed by atoms with van der Waals surface area (Å²) in [6, 6.07) is -0.486. The second-order valence-corrected chi connectivity index (χ2v) is 2.99. The fraction of sp³-hybridized carbons (Fsp3) is 0.714. The summed E-state index contributed by atoms with van der Waals surface area (Å²) >= 11 is 0. The molecule has 0 amide bonds. The Labute approximate surface area is 68.9 Å². The van der Waals surface area contributed by atoms with Crippen molar-refractivity contribution in [3.05, 3.63) is 0 Å². The van der Waals surface area contributed by atoms with Crippen molar-refractivity contribution in [2.24, 2.45) is 5.92 Å². The van der Waals surface area contributed by atoms with Crippen molar-refractivity contribution in [1.82, 2.24) is 5.32 Å². The van der Waals surface area contributed by atoms with E-state index in [4.69, 9.17) is 0 Å². The number of piperidine rings is 1. The molecule has 0 spiro atoms. The van der Waals surface area contributed by atoms with Gasteiger partial charge in [0.15, 0.2) is 0 Å². The average Bonchev–Trinajstić information content (AvgIpc) is 2.12. The van der Waals surface area contributed by atoms with Gasteiger partial charge in [0.2, 0.25) is 0 Å². The Hall–Kier alpha value is -1.10. The number of carbonyl (C=O) groups is 2. The van der Waals surface area contributed by atoms with Crippen LogP contribution >= 0.6 is 0 Å². The van der Waals surface area contributed by atoms with Gasteiger partial charge in [-0.05, 0) is 19.4 Å². The Bertz CT molecular complexity index is 203. The smallest absolute Gasteiger partial charge is 0.304 e. The van der Waals surface area contributed by atoms with Gasteiger partial charge >= 0.3 is 11.9 Å². The SMILES string of the molecule is O=C1OOC(=O)[C@@H]2CCCN[C@H]12. The summed E-state index contributed by atoms with van der Waals surface area (Å²) in [7, 11) is 0. The number of rotatable bonds is 0. The molecule has 2 aliphatic heterocycles. The second-order valence-electron chi connectivity index (χ2n) is 2.99. The highest BCUT2D eigenvalue weighted by Gasteiger charge is 2.43. The highest BCUT2D eigenvalue weighted by Crippen LogP contribution is 2.22. The third-order valence-electron chi connectivity index (χ3n) is 2.22. The van der Waals surface area contributed by atoms with Crippen molar-refractivity contribution in [2.45, 2.75) is 18.9 Å². The van der Waals surface area contributed by atoms with Crippen LogP contribution in [0.2, 0.25) is 0 Å². The van der Waals surface area contributed by atoms with Gasteiger partial charge in [-0.1, -0.05) is 0 Å². The van der Waals surface area contributed by atoms with Crippen molar-refractivity contribution in [3.63, 3.8) is 0 Å². The fourth-order valence-corrected chi connectivity index (χ4v) is 1.59. The Kier molecular flexibility index (Phi) is 1.73. The molecule has 5 heteroatoms. The third-order valence-corrected chi connectivity index (χ3v) is 2.22. The predicted molar refractivity (Wildman–Crippen MR) is 36.7 cm³/mol. The van der Waals surface area contributed by atoms with E-state index < -0.39 is 18.0 Å². The molecule has 0 aromatic heterocycles. The number of carbonyl (C=O) groups excluding carboxylic acids is 2. The molecule has 5 nitrogen and oxygen atoms in total. The number of fused-ring (bicyclic) bond motifs is 1. The van der Waals surface area contributed by atoms with E-state index in [1.807, 2.05) is 0 Å². The molecule has 2 fully saturated rings. The van der Waals surface area contributed by atoms with Crippen molar-refractivity contribution in [2.75, 3.05) is 6.54 Å². The topological polar surface area (TPSA) is 64.6 Å². The van der Waals surface area contributed by atoms with Gasteiger partial charge in [-0.2, -0.15) is 0 Å². The van der Waals surface area contributed by atoms with E-state index in [9.17, 15) is 9.59 Å². The van der Waals surface area contributed by atoms with Crippen molar-refractivity contribution < 1.29 is 19.4 Å². The van der Waals surface area contributed by atoms with E-state index in [1.165, 1.54) is 0 Å². The highest BCUT2D eigenvalue weighted by molar-refractivity contribution is 5.87. The molecule has 12 heavy (non-hydrogen) atoms. The van der Waals surface area contributed by atoms with Crippen LogP contribution in [-0.2, 0) is 19.4 Å². The third kappa shape index (κ3) is 1.06. The molecule has 0 bridgehead atoms. The minimum atomic E-state index is -0.487. The lowest BCUT2D eigenvalue weighted by Gasteiger charge is -2.31. The monoisotopic (exact) mass is 171 g/mol. The van der Waals surface area contributed by atoms with Gasteiger partial charge in [-0.15, -0.1) is 0 Å². The summed E-state index contributed by atoms with van der Waals surface area (Å²) in [5.41, 5.74) is 0. The molecule has 2 heterocycles. The Balaban J connectivity index is 2.16. The minimum Gasteiger partial charge on any atom is -0.304 e. The first-order valence-electron chi connectivity index (χ1n) is 3.94. The van der Waals surface area contributed by atoms with Crippen LogP contribution in [0, 0.1) is 5.92 Å². The van der Waals surface area contributed by atoms with Gasteiger partial charge in [-0.25, -0.2) is 19.4 Å². The first-order chi connectivity index (χ1) is 5.79. The summed E-state index contributed by atoms with van der Waals surface area (Å²) in [5, 5.41) is 2.93. The summed E-state index contributed by atoms with van der Waals surface area (Å²) in [4.78, 5) is 30.5. The van der Waals surface area contributed by atoms with Crippen LogP contribution in [0.25, 0.3) is 0 Å². The van der Waals surface area contributed by atoms with Gasteiger partial charge in [0.25, 0.3) is 0 Å². The number of nitrogens with one attached hydrogen (secondary N) is 1. The molecule has 0 radical (unpaired) electrons. The van der Waals surface area contributed by atoms with E-state index in [-0.39, 0.29) is 5.92 Å². The van der Waals surface area contributed by atoms with Crippen LogP contribution < -0.4 is 5.32 Å². The zero-order valence-electron chi connectivity index (χ0n) is 6.41. The van der Waals surface area contributed by atoms with Crippen LogP contribution in [0.4, 0.5) is 0 Å². The molecule has 0 aliphatic carbocycles. The van der Waals surface area contributed by atoms with Crippen LogP contribution in [-0.4, -0.2) is 24.5 Å². The predicted octanol–water partition coefficient (Wildman–Crippen LogP) is -0.630. The molecular weight excluding hydrogens is 162 g/mol. The minimum absolute atomic E-state index is 0.347. The Morgan fingerprint density at radius 3 is 2.75 bits per heavy atom. The maximum absolute atomic E-state index is 11.0. The zero-order chi connectivity index (χ0) is 8.55. The summed E-state index contributed by atoms with van der Waals surface area (Å²) in [6.45, 7) is 0.754. The first kappa shape index (κ1) is 7.54. The van der Waals surface area contributed by atoms with Gasteiger partial charge in [-0.3, -0.25) is 0 Å². The molecule has 0 saturated carbocycles. The van der Waals surface area contributed by atoms with Crippen LogP contribution in [0.5, 0.6) is 0 Å². The van der Waals surface area contributed by atoms with Crippen LogP contribution in [0.15, 0.2) is 0 Å². The summed E-state index contributed by atoms with van der Waals surface area (Å²) < 4.78 is 0. The van der Waals surface area contributed by atoms with Gasteiger partial charge in [0, 0.05) is 0 Å². The Morgan fingerprint density at radius 2 is 2.00 bits per heavy atom. The van der Waals surface area contributed by atoms with Crippen molar-refractivity contribution in [3.8, 4) is 0 Å². The standard InChI is InChI=1S/C7H9NO4/c9-6-4-2-1-3-8-5(4)7(10)12-11-6/h4-5,8H,1-3H2/t4-,5+/m1/s1. The first-order valence-corrected chi connectivity index (χ1v) is 3.94. The molecule has 0 aromatic rings. The zero-order valence-corrected chi connectivity index (χ0v) is 6.41. The largest absolute Gasteiger partial charge is 0.373 e. The van der Waals surface area contributed by atoms with Crippen molar-refractivity contribution >= 4 is 11.9 Å². The molecule has 2 saturated heterocycles. The molecule has 2 rings (SSSR count). The normalized spacial score (nSPS) is 35.0. The van der Waals surface area contributed by atoms with E-state index in [1.54, 1.807) is 0 Å². The lowest BCUT2D eigenvalue weighted by molar-refractivity contribution is -0.277. The quantitative estimate of drug-likeness (QED) is 0.491. The second kappa shape index (κ2) is 2.75. The lowest BCUT2D eigenvalue weighted by Crippen LogP contribution is -2.54. The van der Waals surface area contributed by atoms with E-state index in [0.29, 0.717) is 6.42 Å². The molecular formula is C7H9NO4. The molecule has 1 N–H and O–H groups in total. The number of hydrogen-bond acceptors (Lipinski definition) is 5. The molecule has 0 aromatic carbocycles. The molecule has 2 aliphatic rings. The summed E-state index contributed by atoms with van der Waals surface area (Å²) in [6.07, 6.45) is 1.59. The van der Waals surface area contributed by atoms with Crippen LogP contribution in [0.3, 0.4) is 0 Å². The Morgan fingerprint density at radius 1 is 1.25 bits per heavy atom. The van der Waals surface area contributed by atoms with Crippen LogP contribution in [0.1, 0.15) is 12.8 Å².